The van der Waals surface area contributed by atoms with E-state index < -0.39 is 22.7 Å². The summed E-state index contributed by atoms with van der Waals surface area (Å²) in [4.78, 5) is 24.7. The monoisotopic (exact) mass is 487 g/mol. The lowest BCUT2D eigenvalue weighted by atomic mass is 10.1. The van der Waals surface area contributed by atoms with E-state index in [1.54, 1.807) is 26.2 Å². The number of amides is 3. The van der Waals surface area contributed by atoms with Crippen LogP contribution in [-0.4, -0.2) is 44.6 Å². The fraction of sp³-hybridized carbons (Fsp3) is 0.304. The molecule has 3 rings (SSSR count). The number of carbonyl (C=O) groups excluding carboxylic acids is 2. The number of benzene rings is 2. The fourth-order valence-electron chi connectivity index (χ4n) is 2.92. The normalized spacial score (nSPS) is 12.2. The van der Waals surface area contributed by atoms with Gasteiger partial charge < -0.3 is 10.1 Å². The van der Waals surface area contributed by atoms with Crippen molar-refractivity contribution in [3.63, 3.8) is 0 Å². The molecule has 0 aliphatic rings. The Hall–Kier alpha value is -3.04. The molecule has 1 aromatic heterocycles. The minimum Gasteiger partial charge on any atom is -0.497 e. The first kappa shape index (κ1) is 24.6. The van der Waals surface area contributed by atoms with Crippen molar-refractivity contribution in [3.8, 4) is 22.8 Å². The van der Waals surface area contributed by atoms with Crippen LogP contribution >= 0.6 is 23.4 Å². The molecule has 0 saturated heterocycles. The SMILES string of the molecule is COc1cccc(-c2nnc(SC(C)C(=O)NC(=O)NC(C)(C)C)n2-c2ccc(Cl)cc2)c1. The topological polar surface area (TPSA) is 98.1 Å². The molecule has 1 heterocycles. The third-order valence-corrected chi connectivity index (χ3v) is 5.72. The summed E-state index contributed by atoms with van der Waals surface area (Å²) in [6.45, 7) is 7.22. The zero-order valence-corrected chi connectivity index (χ0v) is 20.6. The number of nitrogens with one attached hydrogen (secondary N) is 2. The molecule has 33 heavy (non-hydrogen) atoms. The molecule has 0 fully saturated rings. The van der Waals surface area contributed by atoms with Gasteiger partial charge >= 0.3 is 6.03 Å². The molecule has 174 valence electrons. The maximum absolute atomic E-state index is 12.6. The van der Waals surface area contributed by atoms with Gasteiger partial charge in [0.15, 0.2) is 11.0 Å². The average Bonchev–Trinajstić information content (AvgIpc) is 3.16. The number of aromatic nitrogens is 3. The number of thioether (sulfide) groups is 1. The summed E-state index contributed by atoms with van der Waals surface area (Å²) >= 11 is 7.27. The standard InChI is InChI=1S/C23H26ClN5O3S/c1-14(20(30)25-21(31)26-23(2,3)4)33-22-28-27-19(15-7-6-8-18(13-15)32-5)29(22)17-11-9-16(24)10-12-17/h6-14H,1-5H3,(H2,25,26,30,31). The highest BCUT2D eigenvalue weighted by molar-refractivity contribution is 8.00. The third kappa shape index (κ3) is 6.49. The van der Waals surface area contributed by atoms with Gasteiger partial charge in [0.2, 0.25) is 5.91 Å². The van der Waals surface area contributed by atoms with Gasteiger partial charge in [-0.1, -0.05) is 35.5 Å². The zero-order chi connectivity index (χ0) is 24.2. The largest absolute Gasteiger partial charge is 0.497 e. The van der Waals surface area contributed by atoms with Gasteiger partial charge in [0, 0.05) is 21.8 Å². The van der Waals surface area contributed by atoms with Crippen molar-refractivity contribution in [1.82, 2.24) is 25.4 Å². The molecule has 10 heteroatoms. The Kier molecular flexibility index (Phi) is 7.65. The maximum atomic E-state index is 12.6. The summed E-state index contributed by atoms with van der Waals surface area (Å²) in [6.07, 6.45) is 0. The van der Waals surface area contributed by atoms with Gasteiger partial charge in [0.05, 0.1) is 12.4 Å². The van der Waals surface area contributed by atoms with Crippen LogP contribution < -0.4 is 15.4 Å². The second kappa shape index (κ2) is 10.3. The predicted octanol–water partition coefficient (Wildman–Crippen LogP) is 4.70. The van der Waals surface area contributed by atoms with Crippen molar-refractivity contribution in [1.29, 1.82) is 0 Å². The minimum absolute atomic E-state index is 0.435. The fourth-order valence-corrected chi connectivity index (χ4v) is 3.91. The van der Waals surface area contributed by atoms with Crippen molar-refractivity contribution < 1.29 is 14.3 Å². The molecule has 2 aromatic carbocycles. The number of ether oxygens (including phenoxy) is 1. The number of methoxy groups -OCH3 is 1. The molecule has 1 unspecified atom stereocenters. The van der Waals surface area contributed by atoms with E-state index in [1.807, 2.05) is 61.7 Å². The molecule has 0 saturated carbocycles. The number of halogens is 1. The number of hydrogen-bond acceptors (Lipinski definition) is 6. The van der Waals surface area contributed by atoms with Crippen molar-refractivity contribution >= 4 is 35.3 Å². The summed E-state index contributed by atoms with van der Waals surface area (Å²) in [7, 11) is 1.60. The van der Waals surface area contributed by atoms with Crippen molar-refractivity contribution in [3.05, 3.63) is 53.6 Å². The van der Waals surface area contributed by atoms with Gasteiger partial charge in [0.1, 0.15) is 5.75 Å². The number of urea groups is 1. The molecule has 0 spiro atoms. The summed E-state index contributed by atoms with van der Waals surface area (Å²) in [5.41, 5.74) is 1.12. The predicted molar refractivity (Wildman–Crippen MR) is 130 cm³/mol. The summed E-state index contributed by atoms with van der Waals surface area (Å²) < 4.78 is 7.18. The Morgan fingerprint density at radius 2 is 1.82 bits per heavy atom. The van der Waals surface area contributed by atoms with E-state index in [0.29, 0.717) is 21.8 Å². The van der Waals surface area contributed by atoms with Crippen LogP contribution in [0.15, 0.2) is 53.7 Å². The number of carbonyl (C=O) groups is 2. The Bertz CT molecular complexity index is 1140. The molecule has 3 amide bonds. The van der Waals surface area contributed by atoms with Crippen LogP contribution in [0.3, 0.4) is 0 Å². The molecular formula is C23H26ClN5O3S. The lowest BCUT2D eigenvalue weighted by Gasteiger charge is -2.21. The Balaban J connectivity index is 1.91. The second-order valence-electron chi connectivity index (χ2n) is 8.30. The van der Waals surface area contributed by atoms with Crippen molar-refractivity contribution in [2.24, 2.45) is 0 Å². The summed E-state index contributed by atoms with van der Waals surface area (Å²) in [5.74, 6) is 0.831. The molecule has 2 N–H and O–H groups in total. The number of imide groups is 1. The van der Waals surface area contributed by atoms with E-state index >= 15 is 0 Å². The Labute approximate surface area is 202 Å². The van der Waals surface area contributed by atoms with Crippen LogP contribution in [0.2, 0.25) is 5.02 Å². The van der Waals surface area contributed by atoms with Gasteiger partial charge in [-0.2, -0.15) is 0 Å². The minimum atomic E-state index is -0.607. The van der Waals surface area contributed by atoms with Crippen LogP contribution in [0, 0.1) is 0 Å². The van der Waals surface area contributed by atoms with E-state index in [1.165, 1.54) is 11.8 Å². The molecule has 0 aliphatic carbocycles. The van der Waals surface area contributed by atoms with Crippen molar-refractivity contribution in [2.75, 3.05) is 7.11 Å². The number of rotatable bonds is 6. The zero-order valence-electron chi connectivity index (χ0n) is 19.0. The highest BCUT2D eigenvalue weighted by Crippen LogP contribution is 2.31. The smallest absolute Gasteiger partial charge is 0.321 e. The molecule has 1 atom stereocenters. The Morgan fingerprint density at radius 3 is 2.45 bits per heavy atom. The first-order chi connectivity index (χ1) is 15.6. The first-order valence-electron chi connectivity index (χ1n) is 10.2. The van der Waals surface area contributed by atoms with E-state index in [2.05, 4.69) is 20.8 Å². The number of hydrogen-bond donors (Lipinski definition) is 2. The van der Waals surface area contributed by atoms with Gasteiger partial charge in [-0.05, 0) is 64.1 Å². The van der Waals surface area contributed by atoms with E-state index in [0.717, 1.165) is 11.3 Å². The maximum Gasteiger partial charge on any atom is 0.321 e. The molecule has 0 aliphatic heterocycles. The number of nitrogens with zero attached hydrogens (tertiary/aromatic N) is 3. The highest BCUT2D eigenvalue weighted by Gasteiger charge is 2.24. The van der Waals surface area contributed by atoms with Gasteiger partial charge in [-0.3, -0.25) is 14.7 Å². The molecule has 0 bridgehead atoms. The van der Waals surface area contributed by atoms with E-state index in [4.69, 9.17) is 16.3 Å². The van der Waals surface area contributed by atoms with Gasteiger partial charge in [-0.15, -0.1) is 10.2 Å². The molecule has 8 nitrogen and oxygen atoms in total. The highest BCUT2D eigenvalue weighted by atomic mass is 35.5. The summed E-state index contributed by atoms with van der Waals surface area (Å²) in [6, 6.07) is 14.2. The van der Waals surface area contributed by atoms with Crippen LogP contribution in [0.4, 0.5) is 4.79 Å². The van der Waals surface area contributed by atoms with Gasteiger partial charge in [0.25, 0.3) is 0 Å². The lowest BCUT2D eigenvalue weighted by molar-refractivity contribution is -0.119. The molecular weight excluding hydrogens is 462 g/mol. The quantitative estimate of drug-likeness (QED) is 0.489. The van der Waals surface area contributed by atoms with Crippen LogP contribution in [0.1, 0.15) is 27.7 Å². The first-order valence-corrected chi connectivity index (χ1v) is 11.5. The van der Waals surface area contributed by atoms with E-state index in [-0.39, 0.29) is 0 Å². The van der Waals surface area contributed by atoms with Gasteiger partial charge in [-0.25, -0.2) is 4.79 Å². The molecule has 3 aromatic rings. The Morgan fingerprint density at radius 1 is 1.12 bits per heavy atom. The lowest BCUT2D eigenvalue weighted by Crippen LogP contribution is -2.49. The van der Waals surface area contributed by atoms with Crippen LogP contribution in [0.5, 0.6) is 5.75 Å². The second-order valence-corrected chi connectivity index (χ2v) is 10.0. The summed E-state index contributed by atoms with van der Waals surface area (Å²) in [5, 5.41) is 14.3. The van der Waals surface area contributed by atoms with Crippen molar-refractivity contribution in [2.45, 2.75) is 43.6 Å². The third-order valence-electron chi connectivity index (χ3n) is 4.42. The average molecular weight is 488 g/mol. The van der Waals surface area contributed by atoms with E-state index in [9.17, 15) is 9.59 Å². The van der Waals surface area contributed by atoms with Crippen LogP contribution in [-0.2, 0) is 4.79 Å². The van der Waals surface area contributed by atoms with Crippen LogP contribution in [0.25, 0.3) is 17.1 Å². The molecule has 0 radical (unpaired) electrons.